The topological polar surface area (TPSA) is 88.8 Å². The molecule has 5 rings (SSSR count). The van der Waals surface area contributed by atoms with E-state index in [4.69, 9.17) is 0 Å². The second-order valence-corrected chi connectivity index (χ2v) is 8.55. The van der Waals surface area contributed by atoms with E-state index in [1.807, 2.05) is 18.2 Å². The summed E-state index contributed by atoms with van der Waals surface area (Å²) in [6, 6.07) is 6.14. The first kappa shape index (κ1) is 20.1. The van der Waals surface area contributed by atoms with Gasteiger partial charge in [-0.15, -0.1) is 0 Å². The molecule has 1 unspecified atom stereocenters. The fraction of sp³-hybridized carbons (Fsp3) is 0.522. The van der Waals surface area contributed by atoms with E-state index < -0.39 is 0 Å². The fourth-order valence-electron chi connectivity index (χ4n) is 4.75. The van der Waals surface area contributed by atoms with E-state index in [0.29, 0.717) is 18.2 Å². The number of likely N-dealkylation sites (tertiary alicyclic amines) is 1. The van der Waals surface area contributed by atoms with Crippen molar-refractivity contribution in [2.75, 3.05) is 25.0 Å². The molecule has 0 saturated carbocycles. The Kier molecular flexibility index (Phi) is 5.88. The Hall–Kier alpha value is -2.87. The predicted molar refractivity (Wildman–Crippen MR) is 120 cm³/mol. The van der Waals surface area contributed by atoms with Crippen molar-refractivity contribution in [2.45, 2.75) is 57.5 Å². The van der Waals surface area contributed by atoms with Crippen molar-refractivity contribution in [1.82, 2.24) is 29.6 Å². The third-order valence-electron chi connectivity index (χ3n) is 6.47. The number of aromatic nitrogens is 5. The maximum atomic E-state index is 12.5. The molecule has 1 aliphatic carbocycles. The molecular weight excluding hydrogens is 390 g/mol. The molecule has 1 atom stereocenters. The summed E-state index contributed by atoms with van der Waals surface area (Å²) in [5.74, 6) is 0.825. The summed E-state index contributed by atoms with van der Waals surface area (Å²) in [4.78, 5) is 28.1. The number of fused-ring (bicyclic) bond motifs is 2. The van der Waals surface area contributed by atoms with Crippen LogP contribution < -0.4 is 10.9 Å². The van der Waals surface area contributed by atoms with Crippen LogP contribution in [0.15, 0.2) is 35.4 Å². The van der Waals surface area contributed by atoms with Gasteiger partial charge in [0.1, 0.15) is 11.3 Å². The molecule has 3 aromatic heterocycles. The van der Waals surface area contributed by atoms with E-state index >= 15 is 0 Å². The van der Waals surface area contributed by atoms with Crippen molar-refractivity contribution in [3.8, 4) is 0 Å². The predicted octanol–water partition coefficient (Wildman–Crippen LogP) is 2.43. The van der Waals surface area contributed by atoms with Crippen LogP contribution in [0.3, 0.4) is 0 Å². The van der Waals surface area contributed by atoms with E-state index in [1.54, 1.807) is 17.1 Å². The molecule has 4 heterocycles. The molecule has 162 valence electrons. The van der Waals surface area contributed by atoms with Crippen LogP contribution in [0.25, 0.3) is 11.2 Å². The van der Waals surface area contributed by atoms with Crippen LogP contribution in [0.2, 0.25) is 0 Å². The summed E-state index contributed by atoms with van der Waals surface area (Å²) in [6.45, 7) is 3.37. The molecule has 1 saturated heterocycles. The van der Waals surface area contributed by atoms with Gasteiger partial charge in [0.2, 0.25) is 0 Å². The van der Waals surface area contributed by atoms with Gasteiger partial charge in [-0.05, 0) is 62.8 Å². The van der Waals surface area contributed by atoms with Crippen LogP contribution in [-0.4, -0.2) is 55.3 Å². The number of piperidine rings is 1. The summed E-state index contributed by atoms with van der Waals surface area (Å²) in [7, 11) is 0. The molecule has 31 heavy (non-hydrogen) atoms. The first-order chi connectivity index (χ1) is 15.3. The Morgan fingerprint density at radius 2 is 1.94 bits per heavy atom. The molecule has 1 N–H and O–H groups in total. The van der Waals surface area contributed by atoms with Gasteiger partial charge in [0.25, 0.3) is 5.56 Å². The standard InChI is InChI=1S/C23H29N7O/c31-22-15-17-5-1-2-7-19(17)28-30(22)14-13-29-12-4-3-6-18(29)16-26-21-9-8-20-23(27-21)25-11-10-24-20/h8-11,15,18H,1-7,12-14,16H2,(H,25,26,27). The molecular formula is C23H29N7O. The zero-order valence-corrected chi connectivity index (χ0v) is 17.8. The maximum Gasteiger partial charge on any atom is 0.267 e. The Balaban J connectivity index is 1.23. The molecule has 8 heteroatoms. The molecule has 0 amide bonds. The summed E-state index contributed by atoms with van der Waals surface area (Å²) >= 11 is 0. The van der Waals surface area contributed by atoms with Crippen molar-refractivity contribution in [2.24, 2.45) is 0 Å². The highest BCUT2D eigenvalue weighted by molar-refractivity contribution is 5.71. The second kappa shape index (κ2) is 9.09. The zero-order chi connectivity index (χ0) is 21.0. The number of rotatable bonds is 6. The van der Waals surface area contributed by atoms with Gasteiger partial charge in [0, 0.05) is 37.6 Å². The van der Waals surface area contributed by atoms with Crippen LogP contribution in [0.5, 0.6) is 0 Å². The highest BCUT2D eigenvalue weighted by Gasteiger charge is 2.23. The van der Waals surface area contributed by atoms with Gasteiger partial charge in [-0.1, -0.05) is 6.42 Å². The lowest BCUT2D eigenvalue weighted by atomic mass is 9.97. The minimum absolute atomic E-state index is 0.0359. The number of nitrogens with zero attached hydrogens (tertiary/aromatic N) is 6. The molecule has 2 aliphatic rings. The average molecular weight is 420 g/mol. The van der Waals surface area contributed by atoms with E-state index in [1.165, 1.54) is 25.7 Å². The summed E-state index contributed by atoms with van der Waals surface area (Å²) in [5, 5.41) is 8.17. The Morgan fingerprint density at radius 1 is 1.03 bits per heavy atom. The summed E-state index contributed by atoms with van der Waals surface area (Å²) in [5.41, 5.74) is 3.77. The van der Waals surface area contributed by atoms with Gasteiger partial charge in [0.05, 0.1) is 12.2 Å². The first-order valence-electron chi connectivity index (χ1n) is 11.4. The number of hydrogen-bond acceptors (Lipinski definition) is 7. The largest absolute Gasteiger partial charge is 0.368 e. The minimum Gasteiger partial charge on any atom is -0.368 e. The second-order valence-electron chi connectivity index (χ2n) is 8.55. The Bertz CT molecular complexity index is 1110. The molecule has 1 fully saturated rings. The summed E-state index contributed by atoms with van der Waals surface area (Å²) in [6.07, 6.45) is 11.3. The van der Waals surface area contributed by atoms with Crippen LogP contribution in [0.4, 0.5) is 5.82 Å². The normalized spacial score (nSPS) is 19.3. The molecule has 0 spiro atoms. The molecule has 0 aromatic carbocycles. The monoisotopic (exact) mass is 419 g/mol. The number of pyridine rings is 1. The molecule has 3 aromatic rings. The smallest absolute Gasteiger partial charge is 0.267 e. The van der Waals surface area contributed by atoms with Crippen molar-refractivity contribution in [3.05, 3.63) is 52.2 Å². The lowest BCUT2D eigenvalue weighted by molar-refractivity contribution is 0.147. The van der Waals surface area contributed by atoms with E-state index in [9.17, 15) is 4.79 Å². The van der Waals surface area contributed by atoms with Crippen LogP contribution in [0, 0.1) is 0 Å². The van der Waals surface area contributed by atoms with Crippen molar-refractivity contribution in [1.29, 1.82) is 0 Å². The third-order valence-corrected chi connectivity index (χ3v) is 6.47. The van der Waals surface area contributed by atoms with E-state index in [-0.39, 0.29) is 5.56 Å². The van der Waals surface area contributed by atoms with E-state index in [2.05, 4.69) is 30.3 Å². The van der Waals surface area contributed by atoms with Gasteiger partial charge in [0.15, 0.2) is 5.65 Å². The van der Waals surface area contributed by atoms with Crippen molar-refractivity contribution in [3.63, 3.8) is 0 Å². The van der Waals surface area contributed by atoms with Gasteiger partial charge >= 0.3 is 0 Å². The van der Waals surface area contributed by atoms with E-state index in [0.717, 1.165) is 61.5 Å². The minimum atomic E-state index is 0.0359. The number of aryl methyl sites for hydroxylation is 2. The lowest BCUT2D eigenvalue weighted by Gasteiger charge is -2.36. The van der Waals surface area contributed by atoms with Gasteiger partial charge in [-0.3, -0.25) is 14.7 Å². The van der Waals surface area contributed by atoms with Crippen molar-refractivity contribution >= 4 is 17.0 Å². The highest BCUT2D eigenvalue weighted by Crippen LogP contribution is 2.19. The van der Waals surface area contributed by atoms with Crippen LogP contribution in [-0.2, 0) is 19.4 Å². The number of anilines is 1. The quantitative estimate of drug-likeness (QED) is 0.656. The Labute approximate surface area is 181 Å². The van der Waals surface area contributed by atoms with Gasteiger partial charge < -0.3 is 5.32 Å². The highest BCUT2D eigenvalue weighted by atomic mass is 16.1. The molecule has 8 nitrogen and oxygen atoms in total. The van der Waals surface area contributed by atoms with Crippen LogP contribution in [0.1, 0.15) is 43.4 Å². The fourth-order valence-corrected chi connectivity index (χ4v) is 4.75. The Morgan fingerprint density at radius 3 is 2.90 bits per heavy atom. The average Bonchev–Trinajstić information content (AvgIpc) is 2.82. The van der Waals surface area contributed by atoms with Gasteiger partial charge in [-0.2, -0.15) is 5.10 Å². The maximum absolute atomic E-state index is 12.5. The lowest BCUT2D eigenvalue weighted by Crippen LogP contribution is -2.45. The molecule has 1 aliphatic heterocycles. The van der Waals surface area contributed by atoms with Gasteiger partial charge in [-0.25, -0.2) is 14.6 Å². The van der Waals surface area contributed by atoms with Crippen molar-refractivity contribution < 1.29 is 0 Å². The zero-order valence-electron chi connectivity index (χ0n) is 17.8. The SMILES string of the molecule is O=c1cc2c(nn1CCN1CCCCC1CNc1ccc3nccnc3n1)CCCC2. The first-order valence-corrected chi connectivity index (χ1v) is 11.4. The number of nitrogens with one attached hydrogen (secondary N) is 1. The number of hydrogen-bond donors (Lipinski definition) is 1. The summed E-state index contributed by atoms with van der Waals surface area (Å²) < 4.78 is 1.67. The molecule has 0 bridgehead atoms. The molecule has 0 radical (unpaired) electrons. The van der Waals surface area contributed by atoms with Crippen LogP contribution >= 0.6 is 0 Å². The third kappa shape index (κ3) is 4.58.